The van der Waals surface area contributed by atoms with E-state index in [1.165, 1.54) is 24.8 Å². The number of rotatable bonds is 6. The summed E-state index contributed by atoms with van der Waals surface area (Å²) in [5, 5.41) is 3.41. The van der Waals surface area contributed by atoms with Crippen LogP contribution in [0.5, 0.6) is 0 Å². The number of ether oxygens (including phenoxy) is 1. The average Bonchev–Trinajstić information content (AvgIpc) is 2.22. The summed E-state index contributed by atoms with van der Waals surface area (Å²) in [4.78, 5) is 0. The van der Waals surface area contributed by atoms with Crippen molar-refractivity contribution in [1.82, 2.24) is 5.32 Å². The monoisotopic (exact) mass is 221 g/mol. The summed E-state index contributed by atoms with van der Waals surface area (Å²) < 4.78 is 5.40. The van der Waals surface area contributed by atoms with E-state index in [1.807, 2.05) is 33.0 Å². The van der Waals surface area contributed by atoms with E-state index in [1.54, 1.807) is 0 Å². The van der Waals surface area contributed by atoms with Crippen molar-refractivity contribution < 1.29 is 4.74 Å². The van der Waals surface area contributed by atoms with E-state index in [-0.39, 0.29) is 5.54 Å². The Morgan fingerprint density at radius 2 is 2.12 bits per heavy atom. The second-order valence-electron chi connectivity index (χ2n) is 4.22. The number of allylic oxidation sites excluding steroid dienone is 3. The molecule has 0 bridgehead atoms. The van der Waals surface area contributed by atoms with E-state index in [0.717, 1.165) is 12.4 Å². The highest BCUT2D eigenvalue weighted by atomic mass is 16.5. The van der Waals surface area contributed by atoms with Crippen molar-refractivity contribution in [3.8, 4) is 0 Å². The van der Waals surface area contributed by atoms with Crippen molar-refractivity contribution in [1.29, 1.82) is 0 Å². The molecular weight excluding hydrogens is 198 g/mol. The van der Waals surface area contributed by atoms with Crippen molar-refractivity contribution in [2.24, 2.45) is 0 Å². The minimum Gasteiger partial charge on any atom is -0.499 e. The minimum absolute atomic E-state index is 0.157. The predicted octanol–water partition coefficient (Wildman–Crippen LogP) is 3.18. The van der Waals surface area contributed by atoms with E-state index in [9.17, 15) is 0 Å². The second kappa shape index (κ2) is 5.90. The standard InChI is InChI=1S/C14H23NO/c1-5-13(9-8-12(3)16-6-2)14(15-4)10-7-11-14/h5,8-9,15H,1,6-7,10-11H2,2-4H3/b12-8+,13-9+. The molecule has 0 amide bonds. The molecule has 0 aromatic carbocycles. The maximum absolute atomic E-state index is 5.40. The number of likely N-dealkylation sites (N-methyl/N-ethyl adjacent to an activating group) is 1. The molecule has 1 aliphatic carbocycles. The molecule has 1 fully saturated rings. The SMILES string of the molecule is C=C/C(=C\C=C(/C)OCC)C1(NC)CCC1. The zero-order chi connectivity index (χ0) is 12.0. The van der Waals surface area contributed by atoms with Gasteiger partial charge in [0.05, 0.1) is 12.4 Å². The first kappa shape index (κ1) is 13.0. The van der Waals surface area contributed by atoms with Crippen molar-refractivity contribution in [3.63, 3.8) is 0 Å². The van der Waals surface area contributed by atoms with Crippen molar-refractivity contribution in [3.05, 3.63) is 36.1 Å². The Morgan fingerprint density at radius 1 is 1.44 bits per heavy atom. The number of hydrogen-bond acceptors (Lipinski definition) is 2. The van der Waals surface area contributed by atoms with Crippen LogP contribution < -0.4 is 5.32 Å². The van der Waals surface area contributed by atoms with Gasteiger partial charge in [0.15, 0.2) is 0 Å². The molecule has 0 atom stereocenters. The fraction of sp³-hybridized carbons (Fsp3) is 0.571. The average molecular weight is 221 g/mol. The first-order chi connectivity index (χ1) is 7.68. The predicted molar refractivity (Wildman–Crippen MR) is 69.3 cm³/mol. The zero-order valence-electron chi connectivity index (χ0n) is 10.7. The third-order valence-corrected chi connectivity index (χ3v) is 3.33. The van der Waals surface area contributed by atoms with Crippen LogP contribution in [-0.2, 0) is 4.74 Å². The molecule has 1 aliphatic rings. The molecule has 0 aromatic heterocycles. The lowest BCUT2D eigenvalue weighted by molar-refractivity contribution is 0.231. The van der Waals surface area contributed by atoms with E-state index in [4.69, 9.17) is 4.74 Å². The van der Waals surface area contributed by atoms with E-state index in [2.05, 4.69) is 18.0 Å². The summed E-state index contributed by atoms with van der Waals surface area (Å²) in [5.74, 6) is 0.951. The van der Waals surface area contributed by atoms with Gasteiger partial charge >= 0.3 is 0 Å². The van der Waals surface area contributed by atoms with Gasteiger partial charge in [-0.3, -0.25) is 0 Å². The summed E-state index contributed by atoms with van der Waals surface area (Å²) in [6, 6.07) is 0. The topological polar surface area (TPSA) is 21.3 Å². The van der Waals surface area contributed by atoms with Gasteiger partial charge in [0.25, 0.3) is 0 Å². The van der Waals surface area contributed by atoms with Gasteiger partial charge in [-0.2, -0.15) is 0 Å². The molecular formula is C14H23NO. The molecule has 0 aromatic rings. The van der Waals surface area contributed by atoms with Gasteiger partial charge in [0.2, 0.25) is 0 Å². The summed E-state index contributed by atoms with van der Waals surface area (Å²) in [5.41, 5.74) is 1.42. The lowest BCUT2D eigenvalue weighted by Crippen LogP contribution is -2.50. The Labute approximate surface area is 99.1 Å². The van der Waals surface area contributed by atoms with E-state index in [0.29, 0.717) is 0 Å². The largest absolute Gasteiger partial charge is 0.499 e. The minimum atomic E-state index is 0.157. The van der Waals surface area contributed by atoms with E-state index >= 15 is 0 Å². The van der Waals surface area contributed by atoms with Gasteiger partial charge in [-0.05, 0) is 51.8 Å². The van der Waals surface area contributed by atoms with Crippen LogP contribution in [0.2, 0.25) is 0 Å². The smallest absolute Gasteiger partial charge is 0.0928 e. The van der Waals surface area contributed by atoms with Gasteiger partial charge in [-0.25, -0.2) is 0 Å². The van der Waals surface area contributed by atoms with Crippen LogP contribution in [0.25, 0.3) is 0 Å². The summed E-state index contributed by atoms with van der Waals surface area (Å²) >= 11 is 0. The van der Waals surface area contributed by atoms with Crippen LogP contribution in [-0.4, -0.2) is 19.2 Å². The second-order valence-corrected chi connectivity index (χ2v) is 4.22. The van der Waals surface area contributed by atoms with Gasteiger partial charge in [0.1, 0.15) is 0 Å². The van der Waals surface area contributed by atoms with Crippen LogP contribution in [0, 0.1) is 0 Å². The highest BCUT2D eigenvalue weighted by molar-refractivity contribution is 5.35. The molecule has 0 spiro atoms. The van der Waals surface area contributed by atoms with Crippen molar-refractivity contribution >= 4 is 0 Å². The number of nitrogens with one attached hydrogen (secondary N) is 1. The molecule has 1 N–H and O–H groups in total. The highest BCUT2D eigenvalue weighted by Gasteiger charge is 2.37. The summed E-state index contributed by atoms with van der Waals surface area (Å²) in [7, 11) is 2.02. The van der Waals surface area contributed by atoms with Gasteiger partial charge in [-0.15, -0.1) is 0 Å². The van der Waals surface area contributed by atoms with Crippen LogP contribution in [0.4, 0.5) is 0 Å². The summed E-state index contributed by atoms with van der Waals surface area (Å²) in [6.45, 7) is 8.60. The van der Waals surface area contributed by atoms with Crippen molar-refractivity contribution in [2.45, 2.75) is 38.6 Å². The molecule has 0 heterocycles. The quantitative estimate of drug-likeness (QED) is 0.549. The fourth-order valence-corrected chi connectivity index (χ4v) is 2.12. The Morgan fingerprint density at radius 3 is 2.50 bits per heavy atom. The van der Waals surface area contributed by atoms with Crippen LogP contribution in [0.1, 0.15) is 33.1 Å². The van der Waals surface area contributed by atoms with Crippen LogP contribution in [0.3, 0.4) is 0 Å². The first-order valence-corrected chi connectivity index (χ1v) is 6.01. The normalized spacial score (nSPS) is 20.2. The molecule has 1 saturated carbocycles. The lowest BCUT2D eigenvalue weighted by Gasteiger charge is -2.43. The molecule has 2 heteroatoms. The molecule has 0 aliphatic heterocycles. The van der Waals surface area contributed by atoms with Gasteiger partial charge < -0.3 is 10.1 Å². The lowest BCUT2D eigenvalue weighted by atomic mass is 9.71. The summed E-state index contributed by atoms with van der Waals surface area (Å²) in [6.07, 6.45) is 9.78. The van der Waals surface area contributed by atoms with Crippen molar-refractivity contribution in [2.75, 3.05) is 13.7 Å². The molecule has 0 unspecified atom stereocenters. The van der Waals surface area contributed by atoms with Gasteiger partial charge in [-0.1, -0.05) is 18.7 Å². The Kier molecular flexibility index (Phi) is 4.81. The number of hydrogen-bond donors (Lipinski definition) is 1. The first-order valence-electron chi connectivity index (χ1n) is 6.01. The third kappa shape index (κ3) is 2.76. The molecule has 0 saturated heterocycles. The molecule has 16 heavy (non-hydrogen) atoms. The van der Waals surface area contributed by atoms with Crippen LogP contribution in [0.15, 0.2) is 36.1 Å². The Balaban J connectivity index is 2.77. The fourth-order valence-electron chi connectivity index (χ4n) is 2.12. The Hall–Kier alpha value is -1.02. The molecule has 90 valence electrons. The maximum Gasteiger partial charge on any atom is 0.0928 e. The van der Waals surface area contributed by atoms with Gasteiger partial charge in [0, 0.05) is 5.54 Å². The Bertz CT molecular complexity index is 292. The molecule has 2 nitrogen and oxygen atoms in total. The molecule has 0 radical (unpaired) electrons. The zero-order valence-corrected chi connectivity index (χ0v) is 10.7. The highest BCUT2D eigenvalue weighted by Crippen LogP contribution is 2.38. The van der Waals surface area contributed by atoms with E-state index < -0.39 is 0 Å². The van der Waals surface area contributed by atoms with Crippen LogP contribution >= 0.6 is 0 Å². The molecule has 1 rings (SSSR count). The maximum atomic E-state index is 5.40. The third-order valence-electron chi connectivity index (χ3n) is 3.33.